The van der Waals surface area contributed by atoms with Gasteiger partial charge in [0.1, 0.15) is 0 Å². The summed E-state index contributed by atoms with van der Waals surface area (Å²) in [6, 6.07) is 0. The van der Waals surface area contributed by atoms with Crippen molar-refractivity contribution in [2.45, 2.75) is 37.9 Å². The molecule has 1 N–H and O–H groups in total. The van der Waals surface area contributed by atoms with E-state index in [1.165, 1.54) is 25.7 Å². The van der Waals surface area contributed by atoms with Gasteiger partial charge in [0.25, 0.3) is 0 Å². The van der Waals surface area contributed by atoms with Gasteiger partial charge < -0.3 is 10.1 Å². The van der Waals surface area contributed by atoms with Gasteiger partial charge in [-0.25, -0.2) is 0 Å². The second-order valence-corrected chi connectivity index (χ2v) is 3.77. The summed E-state index contributed by atoms with van der Waals surface area (Å²) in [5.74, 6) is 0.928. The Balaban J connectivity index is 1.74. The first kappa shape index (κ1) is 7.56. The average molecular weight is 155 g/mol. The van der Waals surface area contributed by atoms with E-state index in [4.69, 9.17) is 4.74 Å². The summed E-state index contributed by atoms with van der Waals surface area (Å²) < 4.78 is 5.86. The van der Waals surface area contributed by atoms with Crippen molar-refractivity contribution in [3.05, 3.63) is 0 Å². The van der Waals surface area contributed by atoms with E-state index < -0.39 is 0 Å². The second-order valence-electron chi connectivity index (χ2n) is 3.77. The normalized spacial score (nSPS) is 37.9. The number of likely N-dealkylation sites (N-methyl/N-ethyl adjacent to an activating group) is 1. The van der Waals surface area contributed by atoms with Crippen LogP contribution >= 0.6 is 0 Å². The van der Waals surface area contributed by atoms with Gasteiger partial charge in [0, 0.05) is 6.54 Å². The molecule has 2 nitrogen and oxygen atoms in total. The Bertz CT molecular complexity index is 134. The first-order chi connectivity index (χ1) is 5.40. The van der Waals surface area contributed by atoms with Crippen LogP contribution in [0.2, 0.25) is 0 Å². The zero-order valence-electron chi connectivity index (χ0n) is 7.18. The largest absolute Gasteiger partial charge is 0.373 e. The average Bonchev–Trinajstić information content (AvgIpc) is 2.75. The topological polar surface area (TPSA) is 21.3 Å². The molecule has 1 saturated carbocycles. The van der Waals surface area contributed by atoms with Gasteiger partial charge in [-0.05, 0) is 38.6 Å². The van der Waals surface area contributed by atoms with Crippen LogP contribution in [0, 0.1) is 5.92 Å². The van der Waals surface area contributed by atoms with Crippen molar-refractivity contribution in [3.8, 4) is 0 Å². The maximum Gasteiger partial charge on any atom is 0.0704 e. The predicted molar refractivity (Wildman–Crippen MR) is 44.5 cm³/mol. The van der Waals surface area contributed by atoms with Gasteiger partial charge >= 0.3 is 0 Å². The molecule has 0 spiro atoms. The molecule has 64 valence electrons. The molecule has 0 aromatic heterocycles. The van der Waals surface area contributed by atoms with E-state index in [1.54, 1.807) is 0 Å². The zero-order chi connectivity index (χ0) is 7.68. The van der Waals surface area contributed by atoms with Gasteiger partial charge in [-0.15, -0.1) is 0 Å². The van der Waals surface area contributed by atoms with Crippen LogP contribution in [-0.4, -0.2) is 25.8 Å². The van der Waals surface area contributed by atoms with Crippen LogP contribution in [-0.2, 0) is 4.74 Å². The molecule has 1 saturated heterocycles. The molecule has 2 unspecified atom stereocenters. The summed E-state index contributed by atoms with van der Waals surface area (Å²) >= 11 is 0. The van der Waals surface area contributed by atoms with Crippen molar-refractivity contribution in [1.29, 1.82) is 0 Å². The number of nitrogens with one attached hydrogen (secondary N) is 1. The molecule has 2 aliphatic rings. The minimum atomic E-state index is 0.505. The van der Waals surface area contributed by atoms with E-state index in [0.29, 0.717) is 12.2 Å². The standard InChI is InChI=1S/C9H17NO/c1-10-6-8-4-5-9(11-8)7-2-3-7/h7-10H,2-6H2,1H3. The van der Waals surface area contributed by atoms with Crippen LogP contribution in [0.15, 0.2) is 0 Å². The Morgan fingerprint density at radius 2 is 2.09 bits per heavy atom. The van der Waals surface area contributed by atoms with Crippen LogP contribution in [0.3, 0.4) is 0 Å². The summed E-state index contributed by atoms with van der Waals surface area (Å²) in [5, 5.41) is 3.16. The van der Waals surface area contributed by atoms with Crippen molar-refractivity contribution in [2.75, 3.05) is 13.6 Å². The van der Waals surface area contributed by atoms with Crippen molar-refractivity contribution >= 4 is 0 Å². The highest BCUT2D eigenvalue weighted by molar-refractivity contribution is 4.87. The number of hydrogen-bond donors (Lipinski definition) is 1. The van der Waals surface area contributed by atoms with Crippen LogP contribution < -0.4 is 5.32 Å². The molecule has 1 heterocycles. The lowest BCUT2D eigenvalue weighted by atomic mass is 10.1. The lowest BCUT2D eigenvalue weighted by Crippen LogP contribution is -2.24. The minimum Gasteiger partial charge on any atom is -0.373 e. The van der Waals surface area contributed by atoms with Crippen LogP contribution in [0.4, 0.5) is 0 Å². The van der Waals surface area contributed by atoms with Gasteiger partial charge in [-0.2, -0.15) is 0 Å². The molecule has 0 bridgehead atoms. The van der Waals surface area contributed by atoms with Crippen molar-refractivity contribution < 1.29 is 4.74 Å². The molecule has 1 aliphatic heterocycles. The Kier molecular flexibility index (Phi) is 2.14. The van der Waals surface area contributed by atoms with E-state index in [0.717, 1.165) is 12.5 Å². The zero-order valence-corrected chi connectivity index (χ0v) is 7.18. The van der Waals surface area contributed by atoms with Crippen LogP contribution in [0.1, 0.15) is 25.7 Å². The molecule has 0 radical (unpaired) electrons. The number of hydrogen-bond acceptors (Lipinski definition) is 2. The van der Waals surface area contributed by atoms with Crippen LogP contribution in [0.25, 0.3) is 0 Å². The van der Waals surface area contributed by atoms with Crippen molar-refractivity contribution in [1.82, 2.24) is 5.32 Å². The molecular formula is C9H17NO. The maximum atomic E-state index is 5.86. The fourth-order valence-electron chi connectivity index (χ4n) is 1.93. The Morgan fingerprint density at radius 1 is 1.27 bits per heavy atom. The highest BCUT2D eigenvalue weighted by Crippen LogP contribution is 2.40. The first-order valence-electron chi connectivity index (χ1n) is 4.70. The Labute approximate surface area is 68.3 Å². The Morgan fingerprint density at radius 3 is 2.73 bits per heavy atom. The summed E-state index contributed by atoms with van der Waals surface area (Å²) in [6.07, 6.45) is 6.52. The molecule has 0 amide bonds. The summed E-state index contributed by atoms with van der Waals surface area (Å²) in [7, 11) is 1.99. The van der Waals surface area contributed by atoms with Gasteiger partial charge in [-0.3, -0.25) is 0 Å². The molecule has 2 heteroatoms. The van der Waals surface area contributed by atoms with Gasteiger partial charge in [0.15, 0.2) is 0 Å². The Hall–Kier alpha value is -0.0800. The van der Waals surface area contributed by atoms with Gasteiger partial charge in [0.05, 0.1) is 12.2 Å². The molecule has 0 aromatic rings. The predicted octanol–water partition coefficient (Wildman–Crippen LogP) is 1.16. The summed E-state index contributed by atoms with van der Waals surface area (Å²) in [4.78, 5) is 0. The van der Waals surface area contributed by atoms with E-state index in [9.17, 15) is 0 Å². The molecule has 2 atom stereocenters. The molecule has 1 aliphatic carbocycles. The number of rotatable bonds is 3. The van der Waals surface area contributed by atoms with E-state index in [1.807, 2.05) is 7.05 Å². The maximum absolute atomic E-state index is 5.86. The molecule has 11 heavy (non-hydrogen) atoms. The third-order valence-electron chi connectivity index (χ3n) is 2.72. The lowest BCUT2D eigenvalue weighted by Gasteiger charge is -2.11. The van der Waals surface area contributed by atoms with Crippen LogP contribution in [0.5, 0.6) is 0 Å². The summed E-state index contributed by atoms with van der Waals surface area (Å²) in [5.41, 5.74) is 0. The van der Waals surface area contributed by atoms with Crippen molar-refractivity contribution in [2.24, 2.45) is 5.92 Å². The third kappa shape index (κ3) is 1.74. The first-order valence-corrected chi connectivity index (χ1v) is 4.70. The van der Waals surface area contributed by atoms with Gasteiger partial charge in [-0.1, -0.05) is 0 Å². The molecule has 2 fully saturated rings. The fourth-order valence-corrected chi connectivity index (χ4v) is 1.93. The molecular weight excluding hydrogens is 138 g/mol. The molecule has 2 rings (SSSR count). The molecule has 0 aromatic carbocycles. The minimum absolute atomic E-state index is 0.505. The van der Waals surface area contributed by atoms with Crippen molar-refractivity contribution in [3.63, 3.8) is 0 Å². The lowest BCUT2D eigenvalue weighted by molar-refractivity contribution is 0.0343. The number of ether oxygens (including phenoxy) is 1. The smallest absolute Gasteiger partial charge is 0.0704 e. The highest BCUT2D eigenvalue weighted by atomic mass is 16.5. The summed E-state index contributed by atoms with van der Waals surface area (Å²) in [6.45, 7) is 1.03. The second kappa shape index (κ2) is 3.11. The fraction of sp³-hybridized carbons (Fsp3) is 1.00. The van der Waals surface area contributed by atoms with E-state index >= 15 is 0 Å². The SMILES string of the molecule is CNCC1CCC(C2CC2)O1. The van der Waals surface area contributed by atoms with E-state index in [2.05, 4.69) is 5.32 Å². The monoisotopic (exact) mass is 155 g/mol. The highest BCUT2D eigenvalue weighted by Gasteiger charge is 2.37. The van der Waals surface area contributed by atoms with E-state index in [-0.39, 0.29) is 0 Å². The third-order valence-corrected chi connectivity index (χ3v) is 2.72. The quantitative estimate of drug-likeness (QED) is 0.660. The van der Waals surface area contributed by atoms with Gasteiger partial charge in [0.2, 0.25) is 0 Å².